The summed E-state index contributed by atoms with van der Waals surface area (Å²) >= 11 is 0. The monoisotopic (exact) mass is 349 g/mol. The molecule has 2 aromatic rings. The molecule has 1 aromatic carbocycles. The summed E-state index contributed by atoms with van der Waals surface area (Å²) in [7, 11) is 0. The fourth-order valence-corrected chi connectivity index (χ4v) is 2.75. The van der Waals surface area contributed by atoms with Gasteiger partial charge in [0.25, 0.3) is 5.91 Å². The minimum Gasteiger partial charge on any atom is -0.439 e. The molecular weight excluding hydrogens is 329 g/mol. The molecule has 3 rings (SSSR count). The van der Waals surface area contributed by atoms with E-state index in [0.717, 1.165) is 5.56 Å². The maximum Gasteiger partial charge on any atom is 0.417 e. The van der Waals surface area contributed by atoms with E-state index in [1.807, 2.05) is 13.8 Å². The molecule has 2 unspecified atom stereocenters. The molecule has 1 aliphatic heterocycles. The van der Waals surface area contributed by atoms with Gasteiger partial charge in [-0.25, -0.2) is 4.39 Å². The number of nitrogens with zero attached hydrogens (tertiary/aromatic N) is 3. The van der Waals surface area contributed by atoms with Crippen molar-refractivity contribution in [3.63, 3.8) is 0 Å². The summed E-state index contributed by atoms with van der Waals surface area (Å²) in [5, 5.41) is 3.80. The number of carbonyl (C=O) groups is 1. The second-order valence-electron chi connectivity index (χ2n) is 6.12. The number of aromatic nitrogens is 2. The quantitative estimate of drug-likeness (QED) is 0.819. The Balaban J connectivity index is 1.51. The number of benzene rings is 1. The Morgan fingerprint density at radius 1 is 1.28 bits per heavy atom. The molecule has 1 saturated heterocycles. The van der Waals surface area contributed by atoms with Gasteiger partial charge in [-0.1, -0.05) is 17.3 Å². The van der Waals surface area contributed by atoms with Crippen LogP contribution < -0.4 is 4.74 Å². The van der Waals surface area contributed by atoms with Crippen molar-refractivity contribution in [1.82, 2.24) is 15.0 Å². The second kappa shape index (κ2) is 7.60. The molecular formula is C17H20FN3O4. The smallest absolute Gasteiger partial charge is 0.417 e. The molecule has 0 saturated carbocycles. The van der Waals surface area contributed by atoms with Gasteiger partial charge >= 0.3 is 6.08 Å². The molecule has 7 nitrogen and oxygen atoms in total. The van der Waals surface area contributed by atoms with Gasteiger partial charge in [0.1, 0.15) is 5.82 Å². The Hall–Kier alpha value is -2.48. The van der Waals surface area contributed by atoms with Gasteiger partial charge in [-0.15, -0.1) is 0 Å². The number of hydrogen-bond donors (Lipinski definition) is 0. The van der Waals surface area contributed by atoms with Crippen molar-refractivity contribution in [3.05, 3.63) is 41.5 Å². The predicted octanol–water partition coefficient (Wildman–Crippen LogP) is 1.81. The summed E-state index contributed by atoms with van der Waals surface area (Å²) in [5.41, 5.74) is 0.848. The average molecular weight is 349 g/mol. The first-order chi connectivity index (χ1) is 12.0. The highest BCUT2D eigenvalue weighted by molar-refractivity contribution is 5.77. The van der Waals surface area contributed by atoms with E-state index in [-0.39, 0.29) is 36.6 Å². The largest absolute Gasteiger partial charge is 0.439 e. The average Bonchev–Trinajstić information content (AvgIpc) is 3.01. The first-order valence-electron chi connectivity index (χ1n) is 8.12. The van der Waals surface area contributed by atoms with Crippen molar-refractivity contribution in [2.24, 2.45) is 0 Å². The summed E-state index contributed by atoms with van der Waals surface area (Å²) in [5.74, 6) is -0.0471. The lowest BCUT2D eigenvalue weighted by Gasteiger charge is -2.35. The molecule has 0 spiro atoms. The molecule has 0 radical (unpaired) electrons. The summed E-state index contributed by atoms with van der Waals surface area (Å²) in [4.78, 5) is 18.0. The zero-order valence-corrected chi connectivity index (χ0v) is 14.1. The summed E-state index contributed by atoms with van der Waals surface area (Å²) in [6.07, 6.45) is 0.330. The van der Waals surface area contributed by atoms with Crippen molar-refractivity contribution in [2.45, 2.75) is 32.5 Å². The van der Waals surface area contributed by atoms with Gasteiger partial charge < -0.3 is 14.4 Å². The number of halogens is 1. The fraction of sp³-hybridized carbons (Fsp3) is 0.471. The lowest BCUT2D eigenvalue weighted by molar-refractivity contribution is -0.145. The highest BCUT2D eigenvalue weighted by Crippen LogP contribution is 2.13. The van der Waals surface area contributed by atoms with Gasteiger partial charge in [-0.2, -0.15) is 4.98 Å². The minimum atomic E-state index is -0.300. The van der Waals surface area contributed by atoms with Crippen LogP contribution in [0.15, 0.2) is 28.8 Å². The molecule has 134 valence electrons. The molecule has 2 atom stereocenters. The van der Waals surface area contributed by atoms with Gasteiger partial charge in [0.2, 0.25) is 0 Å². The third kappa shape index (κ3) is 4.76. The molecule has 25 heavy (non-hydrogen) atoms. The maximum atomic E-state index is 12.9. The minimum absolute atomic E-state index is 0.00147. The van der Waals surface area contributed by atoms with Crippen LogP contribution in [0.2, 0.25) is 0 Å². The number of hydrogen-bond acceptors (Lipinski definition) is 6. The summed E-state index contributed by atoms with van der Waals surface area (Å²) in [6, 6.07) is 6.04. The van der Waals surface area contributed by atoms with Crippen LogP contribution in [0.4, 0.5) is 4.39 Å². The predicted molar refractivity (Wildman–Crippen MR) is 85.6 cm³/mol. The van der Waals surface area contributed by atoms with E-state index < -0.39 is 0 Å². The van der Waals surface area contributed by atoms with Crippen LogP contribution in [0, 0.1) is 5.82 Å². The SMILES string of the molecule is CC1CN(C(=O)COc2nc(Cc3ccc(F)cc3)no2)CC(C)O1. The number of carbonyl (C=O) groups excluding carboxylic acids is 1. The van der Waals surface area contributed by atoms with E-state index >= 15 is 0 Å². The molecule has 8 heteroatoms. The number of rotatable bonds is 5. The molecule has 0 bridgehead atoms. The maximum absolute atomic E-state index is 12.9. The van der Waals surface area contributed by atoms with Crippen molar-refractivity contribution < 1.29 is 23.2 Å². The van der Waals surface area contributed by atoms with Gasteiger partial charge in [0.05, 0.1) is 12.2 Å². The molecule has 1 amide bonds. The van der Waals surface area contributed by atoms with Crippen LogP contribution in [0.3, 0.4) is 0 Å². The van der Waals surface area contributed by atoms with E-state index in [1.165, 1.54) is 12.1 Å². The van der Waals surface area contributed by atoms with E-state index in [0.29, 0.717) is 25.3 Å². The van der Waals surface area contributed by atoms with E-state index in [4.69, 9.17) is 14.0 Å². The second-order valence-corrected chi connectivity index (χ2v) is 6.12. The Labute approximate surface area is 144 Å². The fourth-order valence-electron chi connectivity index (χ4n) is 2.75. The molecule has 1 aliphatic rings. The van der Waals surface area contributed by atoms with Crippen LogP contribution in [0.5, 0.6) is 6.08 Å². The topological polar surface area (TPSA) is 77.7 Å². The van der Waals surface area contributed by atoms with Gasteiger partial charge in [0, 0.05) is 19.5 Å². The zero-order chi connectivity index (χ0) is 17.8. The van der Waals surface area contributed by atoms with E-state index in [9.17, 15) is 9.18 Å². The van der Waals surface area contributed by atoms with E-state index in [2.05, 4.69) is 10.1 Å². The standard InChI is InChI=1S/C17H20FN3O4/c1-11-8-21(9-12(2)24-11)16(22)10-23-17-19-15(20-25-17)7-13-3-5-14(18)6-4-13/h3-6,11-12H,7-10H2,1-2H3. The normalized spacial score (nSPS) is 20.5. The van der Waals surface area contributed by atoms with Crippen molar-refractivity contribution in [3.8, 4) is 6.08 Å². The van der Waals surface area contributed by atoms with Crippen molar-refractivity contribution in [1.29, 1.82) is 0 Å². The number of ether oxygens (including phenoxy) is 2. The lowest BCUT2D eigenvalue weighted by Crippen LogP contribution is -2.49. The Morgan fingerprint density at radius 2 is 1.96 bits per heavy atom. The van der Waals surface area contributed by atoms with Crippen LogP contribution in [0.1, 0.15) is 25.2 Å². The van der Waals surface area contributed by atoms with Gasteiger partial charge in [-0.3, -0.25) is 9.32 Å². The summed E-state index contributed by atoms with van der Waals surface area (Å²) in [6.45, 7) is 4.75. The number of morpholine rings is 1. The highest BCUT2D eigenvalue weighted by atomic mass is 19.1. The van der Waals surface area contributed by atoms with Gasteiger partial charge in [0.15, 0.2) is 12.4 Å². The highest BCUT2D eigenvalue weighted by Gasteiger charge is 2.26. The van der Waals surface area contributed by atoms with Gasteiger partial charge in [-0.05, 0) is 31.5 Å². The Bertz CT molecular complexity index is 709. The Morgan fingerprint density at radius 3 is 2.64 bits per heavy atom. The third-order valence-corrected chi connectivity index (χ3v) is 3.82. The van der Waals surface area contributed by atoms with Crippen LogP contribution in [-0.4, -0.2) is 52.9 Å². The van der Waals surface area contributed by atoms with Crippen molar-refractivity contribution in [2.75, 3.05) is 19.7 Å². The van der Waals surface area contributed by atoms with E-state index in [1.54, 1.807) is 17.0 Å². The summed E-state index contributed by atoms with van der Waals surface area (Å²) < 4.78 is 28.8. The van der Waals surface area contributed by atoms with Crippen LogP contribution in [-0.2, 0) is 16.0 Å². The third-order valence-electron chi connectivity index (χ3n) is 3.82. The number of amides is 1. The van der Waals surface area contributed by atoms with Crippen LogP contribution >= 0.6 is 0 Å². The first-order valence-corrected chi connectivity index (χ1v) is 8.12. The molecule has 1 fully saturated rings. The molecule has 2 heterocycles. The first kappa shape index (κ1) is 17.3. The molecule has 1 aromatic heterocycles. The zero-order valence-electron chi connectivity index (χ0n) is 14.1. The van der Waals surface area contributed by atoms with Crippen molar-refractivity contribution >= 4 is 5.91 Å². The molecule has 0 N–H and O–H groups in total. The Kier molecular flexibility index (Phi) is 5.28. The van der Waals surface area contributed by atoms with Crippen LogP contribution in [0.25, 0.3) is 0 Å². The lowest BCUT2D eigenvalue weighted by atomic mass is 10.1. The molecule has 0 aliphatic carbocycles.